The molecule has 0 radical (unpaired) electrons. The van der Waals surface area contributed by atoms with Crippen LogP contribution in [0.15, 0.2) is 0 Å². The number of ether oxygens (including phenoxy) is 3. The van der Waals surface area contributed by atoms with Crippen molar-refractivity contribution in [1.82, 2.24) is 0 Å². The van der Waals surface area contributed by atoms with Crippen LogP contribution in [0.1, 0.15) is 272 Å². The first-order chi connectivity index (χ1) is 26.9. The minimum atomic E-state index is -0.758. The Balaban J connectivity index is 4.13. The first-order valence-corrected chi connectivity index (χ1v) is 24.4. The highest BCUT2D eigenvalue weighted by Crippen LogP contribution is 2.17. The van der Waals surface area contributed by atoms with Gasteiger partial charge in [0.1, 0.15) is 13.2 Å². The van der Waals surface area contributed by atoms with Gasteiger partial charge in [0, 0.05) is 19.3 Å². The minimum Gasteiger partial charge on any atom is -0.462 e. The normalized spacial score (nSPS) is 11.9. The summed E-state index contributed by atoms with van der Waals surface area (Å²) < 4.78 is 16.6. The van der Waals surface area contributed by atoms with Gasteiger partial charge < -0.3 is 14.2 Å². The van der Waals surface area contributed by atoms with Crippen molar-refractivity contribution >= 4 is 17.9 Å². The van der Waals surface area contributed by atoms with Gasteiger partial charge in [0.05, 0.1) is 0 Å². The van der Waals surface area contributed by atoms with Gasteiger partial charge in [-0.05, 0) is 25.2 Å². The van der Waals surface area contributed by atoms with Gasteiger partial charge in [-0.15, -0.1) is 0 Å². The maximum Gasteiger partial charge on any atom is 0.306 e. The number of carbonyl (C=O) groups is 3. The van der Waals surface area contributed by atoms with Crippen LogP contribution in [-0.2, 0) is 28.6 Å². The molecule has 0 aliphatic carbocycles. The van der Waals surface area contributed by atoms with Crippen LogP contribution < -0.4 is 0 Å². The molecular formula is C49H94O6. The molecule has 326 valence electrons. The molecule has 0 saturated carbocycles. The SMILES string of the molecule is CCCCCCCCCCCCCCCCC(=O)OC[C@H](COC(=O)CCCCCCC)OC(=O)CCCCCCCCCCCCCCCCCC(C)C. The molecule has 0 aromatic rings. The van der Waals surface area contributed by atoms with Crippen LogP contribution in [0.3, 0.4) is 0 Å². The molecule has 0 N–H and O–H groups in total. The lowest BCUT2D eigenvalue weighted by Crippen LogP contribution is -2.30. The Hall–Kier alpha value is -1.59. The molecule has 0 saturated heterocycles. The van der Waals surface area contributed by atoms with Crippen LogP contribution in [0.25, 0.3) is 0 Å². The third-order valence-corrected chi connectivity index (χ3v) is 11.0. The van der Waals surface area contributed by atoms with E-state index in [1.165, 1.54) is 161 Å². The van der Waals surface area contributed by atoms with Gasteiger partial charge in [0.25, 0.3) is 0 Å². The number of carbonyl (C=O) groups excluding carboxylic acids is 3. The number of hydrogen-bond donors (Lipinski definition) is 0. The number of rotatable bonds is 44. The summed E-state index contributed by atoms with van der Waals surface area (Å²) in [7, 11) is 0. The monoisotopic (exact) mass is 779 g/mol. The molecule has 0 unspecified atom stereocenters. The van der Waals surface area contributed by atoms with Crippen LogP contribution in [0.4, 0.5) is 0 Å². The van der Waals surface area contributed by atoms with E-state index < -0.39 is 6.10 Å². The Labute approximate surface area is 342 Å². The summed E-state index contributed by atoms with van der Waals surface area (Å²) in [5.41, 5.74) is 0. The first-order valence-electron chi connectivity index (χ1n) is 24.4. The Bertz CT molecular complexity index is 826. The van der Waals surface area contributed by atoms with E-state index >= 15 is 0 Å². The van der Waals surface area contributed by atoms with Crippen LogP contribution >= 0.6 is 0 Å². The highest BCUT2D eigenvalue weighted by Gasteiger charge is 2.19. The highest BCUT2D eigenvalue weighted by atomic mass is 16.6. The van der Waals surface area contributed by atoms with Crippen molar-refractivity contribution in [2.45, 2.75) is 278 Å². The van der Waals surface area contributed by atoms with Gasteiger partial charge in [0.15, 0.2) is 6.10 Å². The summed E-state index contributed by atoms with van der Waals surface area (Å²) in [4.78, 5) is 37.6. The number of hydrogen-bond acceptors (Lipinski definition) is 6. The smallest absolute Gasteiger partial charge is 0.306 e. The molecule has 6 nitrogen and oxygen atoms in total. The molecule has 0 bridgehead atoms. The van der Waals surface area contributed by atoms with Crippen molar-refractivity contribution in [3.63, 3.8) is 0 Å². The molecule has 0 aromatic carbocycles. The molecule has 0 fully saturated rings. The Kier molecular flexibility index (Phi) is 42.3. The second-order valence-corrected chi connectivity index (χ2v) is 17.2. The average Bonchev–Trinajstić information content (AvgIpc) is 3.17. The summed E-state index contributed by atoms with van der Waals surface area (Å²) >= 11 is 0. The van der Waals surface area contributed by atoms with Crippen molar-refractivity contribution in [3.8, 4) is 0 Å². The molecule has 6 heteroatoms. The molecule has 55 heavy (non-hydrogen) atoms. The van der Waals surface area contributed by atoms with Gasteiger partial charge in [-0.25, -0.2) is 0 Å². The predicted molar refractivity (Wildman–Crippen MR) is 233 cm³/mol. The van der Waals surface area contributed by atoms with Gasteiger partial charge in [-0.3, -0.25) is 14.4 Å². The molecule has 0 aliphatic heterocycles. The summed E-state index contributed by atoms with van der Waals surface area (Å²) in [5, 5.41) is 0. The highest BCUT2D eigenvalue weighted by molar-refractivity contribution is 5.71. The Morgan fingerprint density at radius 3 is 0.891 bits per heavy atom. The minimum absolute atomic E-state index is 0.0641. The van der Waals surface area contributed by atoms with E-state index in [0.717, 1.165) is 70.1 Å². The van der Waals surface area contributed by atoms with Crippen molar-refractivity contribution in [3.05, 3.63) is 0 Å². The third kappa shape index (κ3) is 43.4. The lowest BCUT2D eigenvalue weighted by Gasteiger charge is -2.18. The lowest BCUT2D eigenvalue weighted by atomic mass is 10.0. The van der Waals surface area contributed by atoms with Crippen molar-refractivity contribution in [2.24, 2.45) is 5.92 Å². The molecule has 0 rings (SSSR count). The zero-order valence-electron chi connectivity index (χ0n) is 37.4. The number of esters is 3. The van der Waals surface area contributed by atoms with Gasteiger partial charge in [-0.2, -0.15) is 0 Å². The molecule has 0 aromatic heterocycles. The van der Waals surface area contributed by atoms with E-state index in [1.807, 2.05) is 0 Å². The quantitative estimate of drug-likeness (QED) is 0.0348. The van der Waals surface area contributed by atoms with E-state index in [1.54, 1.807) is 0 Å². The lowest BCUT2D eigenvalue weighted by molar-refractivity contribution is -0.167. The zero-order chi connectivity index (χ0) is 40.3. The fourth-order valence-electron chi connectivity index (χ4n) is 7.33. The van der Waals surface area contributed by atoms with E-state index in [9.17, 15) is 14.4 Å². The topological polar surface area (TPSA) is 78.9 Å². The summed E-state index contributed by atoms with van der Waals surface area (Å²) in [5.74, 6) is -0.0147. The second-order valence-electron chi connectivity index (χ2n) is 17.2. The van der Waals surface area contributed by atoms with Crippen LogP contribution in [0, 0.1) is 5.92 Å². The Morgan fingerprint density at radius 2 is 0.600 bits per heavy atom. The van der Waals surface area contributed by atoms with E-state index in [4.69, 9.17) is 14.2 Å². The second kappa shape index (κ2) is 43.5. The summed E-state index contributed by atoms with van der Waals surface area (Å²) in [6.07, 6.45) is 44.0. The van der Waals surface area contributed by atoms with Crippen LogP contribution in [-0.4, -0.2) is 37.2 Å². The summed E-state index contributed by atoms with van der Waals surface area (Å²) in [6.45, 7) is 8.95. The summed E-state index contributed by atoms with van der Waals surface area (Å²) in [6, 6.07) is 0. The van der Waals surface area contributed by atoms with E-state index in [-0.39, 0.29) is 31.1 Å². The van der Waals surface area contributed by atoms with Gasteiger partial charge in [0.2, 0.25) is 0 Å². The van der Waals surface area contributed by atoms with Crippen molar-refractivity contribution in [1.29, 1.82) is 0 Å². The van der Waals surface area contributed by atoms with Crippen molar-refractivity contribution < 1.29 is 28.6 Å². The molecule has 0 heterocycles. The molecule has 1 atom stereocenters. The maximum absolute atomic E-state index is 12.7. The fourth-order valence-corrected chi connectivity index (χ4v) is 7.33. The molecule has 0 amide bonds. The predicted octanol–water partition coefficient (Wildman–Crippen LogP) is 15.5. The first kappa shape index (κ1) is 53.4. The number of unbranched alkanes of at least 4 members (excludes halogenated alkanes) is 31. The van der Waals surface area contributed by atoms with E-state index in [2.05, 4.69) is 27.7 Å². The van der Waals surface area contributed by atoms with Crippen LogP contribution in [0.2, 0.25) is 0 Å². The van der Waals surface area contributed by atoms with Gasteiger partial charge in [-0.1, -0.05) is 233 Å². The fraction of sp³-hybridized carbons (Fsp3) is 0.939. The Morgan fingerprint density at radius 1 is 0.345 bits per heavy atom. The standard InChI is InChI=1S/C49H94O6/c1-5-7-9-11-12-13-14-15-20-23-26-29-33-37-41-48(51)54-44-46(43-53-47(50)40-36-31-10-8-6-2)55-49(52)42-38-34-30-27-24-21-18-16-17-19-22-25-28-32-35-39-45(3)4/h45-46H,5-44H2,1-4H3/t46-/m0/s1. The van der Waals surface area contributed by atoms with Gasteiger partial charge >= 0.3 is 17.9 Å². The molecule has 0 aliphatic rings. The zero-order valence-corrected chi connectivity index (χ0v) is 37.4. The molecular weight excluding hydrogens is 685 g/mol. The largest absolute Gasteiger partial charge is 0.462 e. The maximum atomic E-state index is 12.7. The average molecular weight is 779 g/mol. The van der Waals surface area contributed by atoms with Crippen molar-refractivity contribution in [2.75, 3.05) is 13.2 Å². The van der Waals surface area contributed by atoms with Crippen LogP contribution in [0.5, 0.6) is 0 Å². The molecule has 0 spiro atoms. The van der Waals surface area contributed by atoms with E-state index in [0.29, 0.717) is 19.3 Å². The third-order valence-electron chi connectivity index (χ3n) is 11.0.